The van der Waals surface area contributed by atoms with Crippen LogP contribution in [0.2, 0.25) is 5.02 Å². The van der Waals surface area contributed by atoms with Crippen LogP contribution in [0.5, 0.6) is 11.5 Å². The van der Waals surface area contributed by atoms with Crippen LogP contribution in [0.1, 0.15) is 32.1 Å². The van der Waals surface area contributed by atoms with E-state index in [1.165, 1.54) is 34.6 Å². The number of hydrogen-bond donors (Lipinski definition) is 0. The van der Waals surface area contributed by atoms with E-state index >= 15 is 0 Å². The van der Waals surface area contributed by atoms with Crippen molar-refractivity contribution in [3.8, 4) is 11.5 Å². The molecule has 0 bridgehead atoms. The second kappa shape index (κ2) is 6.19. The predicted octanol–water partition coefficient (Wildman–Crippen LogP) is 5.39. The van der Waals surface area contributed by atoms with Crippen molar-refractivity contribution in [3.05, 3.63) is 44.1 Å². The molecule has 2 aromatic rings. The SMILES string of the molecule is COc1cc(Cl)c(C(Br)c2cc3c(s2)CCC3)cc1OC. The van der Waals surface area contributed by atoms with Gasteiger partial charge in [0.25, 0.3) is 0 Å². The van der Waals surface area contributed by atoms with Crippen molar-refractivity contribution in [2.24, 2.45) is 0 Å². The van der Waals surface area contributed by atoms with Gasteiger partial charge >= 0.3 is 0 Å². The molecule has 112 valence electrons. The fourth-order valence-electron chi connectivity index (χ4n) is 2.69. The molecule has 0 aliphatic heterocycles. The number of methoxy groups -OCH3 is 2. The molecule has 1 unspecified atom stereocenters. The highest BCUT2D eigenvalue weighted by atomic mass is 79.9. The molecule has 21 heavy (non-hydrogen) atoms. The summed E-state index contributed by atoms with van der Waals surface area (Å²) in [5.74, 6) is 1.35. The van der Waals surface area contributed by atoms with E-state index in [0.717, 1.165) is 5.56 Å². The first kappa shape index (κ1) is 15.2. The molecule has 0 saturated heterocycles. The first-order chi connectivity index (χ1) is 10.1. The first-order valence-electron chi connectivity index (χ1n) is 6.81. The van der Waals surface area contributed by atoms with Crippen LogP contribution in [0, 0.1) is 0 Å². The number of alkyl halides is 1. The van der Waals surface area contributed by atoms with E-state index in [9.17, 15) is 0 Å². The minimum atomic E-state index is 0.0837. The largest absolute Gasteiger partial charge is 0.493 e. The van der Waals surface area contributed by atoms with Gasteiger partial charge in [0.2, 0.25) is 0 Å². The minimum absolute atomic E-state index is 0.0837. The van der Waals surface area contributed by atoms with Crippen LogP contribution < -0.4 is 9.47 Å². The zero-order chi connectivity index (χ0) is 15.0. The van der Waals surface area contributed by atoms with Crippen LogP contribution in [0.15, 0.2) is 18.2 Å². The molecule has 1 heterocycles. The molecular weight excluding hydrogens is 372 g/mol. The summed E-state index contributed by atoms with van der Waals surface area (Å²) in [7, 11) is 3.25. The van der Waals surface area contributed by atoms with E-state index in [1.807, 2.05) is 23.5 Å². The van der Waals surface area contributed by atoms with Gasteiger partial charge in [0.05, 0.1) is 19.0 Å². The molecule has 0 spiro atoms. The standard InChI is InChI=1S/C16H16BrClO2S/c1-19-12-7-10(11(18)8-13(12)20-2)16(17)15-6-9-4-3-5-14(9)21-15/h6-8,16H,3-5H2,1-2H3. The van der Waals surface area contributed by atoms with Crippen molar-refractivity contribution in [3.63, 3.8) is 0 Å². The summed E-state index contributed by atoms with van der Waals surface area (Å²) in [4.78, 5) is 2.90. The number of thiophene rings is 1. The molecule has 1 aliphatic rings. The highest BCUT2D eigenvalue weighted by Crippen LogP contribution is 2.45. The van der Waals surface area contributed by atoms with Crippen molar-refractivity contribution >= 4 is 38.9 Å². The summed E-state index contributed by atoms with van der Waals surface area (Å²) < 4.78 is 10.7. The first-order valence-corrected chi connectivity index (χ1v) is 8.92. The third-order valence-electron chi connectivity index (χ3n) is 3.79. The summed E-state index contributed by atoms with van der Waals surface area (Å²) in [5.41, 5.74) is 2.50. The minimum Gasteiger partial charge on any atom is -0.493 e. The van der Waals surface area contributed by atoms with Gasteiger partial charge in [-0.2, -0.15) is 0 Å². The van der Waals surface area contributed by atoms with Crippen LogP contribution >= 0.6 is 38.9 Å². The fraction of sp³-hybridized carbons (Fsp3) is 0.375. The lowest BCUT2D eigenvalue weighted by molar-refractivity contribution is 0.354. The number of rotatable bonds is 4. The molecule has 1 aromatic carbocycles. The van der Waals surface area contributed by atoms with Gasteiger partial charge in [0, 0.05) is 20.8 Å². The Morgan fingerprint density at radius 1 is 1.14 bits per heavy atom. The van der Waals surface area contributed by atoms with Gasteiger partial charge in [-0.25, -0.2) is 0 Å². The summed E-state index contributed by atoms with van der Waals surface area (Å²) >= 11 is 12.1. The Kier molecular flexibility index (Phi) is 4.48. The molecule has 0 saturated carbocycles. The quantitative estimate of drug-likeness (QED) is 0.655. The van der Waals surface area contributed by atoms with E-state index in [-0.39, 0.29) is 4.83 Å². The molecule has 0 radical (unpaired) electrons. The zero-order valence-electron chi connectivity index (χ0n) is 11.9. The molecule has 0 amide bonds. The normalized spacial score (nSPS) is 14.9. The Hall–Kier alpha value is -0.710. The molecule has 1 atom stereocenters. The number of halogens is 2. The lowest BCUT2D eigenvalue weighted by Gasteiger charge is -2.15. The Morgan fingerprint density at radius 2 is 1.86 bits per heavy atom. The van der Waals surface area contributed by atoms with E-state index in [1.54, 1.807) is 14.2 Å². The maximum Gasteiger partial charge on any atom is 0.162 e. The van der Waals surface area contributed by atoms with Gasteiger partial charge in [-0.1, -0.05) is 27.5 Å². The van der Waals surface area contributed by atoms with Crippen LogP contribution in [0.25, 0.3) is 0 Å². The van der Waals surface area contributed by atoms with Gasteiger partial charge in [0.15, 0.2) is 11.5 Å². The van der Waals surface area contributed by atoms with E-state index in [2.05, 4.69) is 22.0 Å². The van der Waals surface area contributed by atoms with Crippen molar-refractivity contribution in [1.29, 1.82) is 0 Å². The molecule has 5 heteroatoms. The van der Waals surface area contributed by atoms with Gasteiger partial charge in [0.1, 0.15) is 0 Å². The van der Waals surface area contributed by atoms with E-state index < -0.39 is 0 Å². The summed E-state index contributed by atoms with van der Waals surface area (Å²) in [6, 6.07) is 6.07. The topological polar surface area (TPSA) is 18.5 Å². The Balaban J connectivity index is 1.98. The summed E-state index contributed by atoms with van der Waals surface area (Å²) in [6.07, 6.45) is 3.69. The number of ether oxygens (including phenoxy) is 2. The molecular formula is C16H16BrClO2S. The smallest absolute Gasteiger partial charge is 0.162 e. The van der Waals surface area contributed by atoms with E-state index in [0.29, 0.717) is 16.5 Å². The van der Waals surface area contributed by atoms with Gasteiger partial charge in [-0.05, 0) is 42.5 Å². The number of hydrogen-bond acceptors (Lipinski definition) is 3. The van der Waals surface area contributed by atoms with Crippen molar-refractivity contribution in [2.75, 3.05) is 14.2 Å². The fourth-order valence-corrected chi connectivity index (χ4v) is 5.13. The summed E-state index contributed by atoms with van der Waals surface area (Å²) in [5, 5.41) is 0.683. The van der Waals surface area contributed by atoms with Crippen LogP contribution in [-0.2, 0) is 12.8 Å². The maximum absolute atomic E-state index is 6.42. The van der Waals surface area contributed by atoms with Gasteiger partial charge < -0.3 is 9.47 Å². The Morgan fingerprint density at radius 3 is 2.52 bits per heavy atom. The lowest BCUT2D eigenvalue weighted by atomic mass is 10.1. The number of fused-ring (bicyclic) bond motifs is 1. The Labute approximate surface area is 142 Å². The molecule has 3 rings (SSSR count). The average molecular weight is 388 g/mol. The molecule has 1 aliphatic carbocycles. The summed E-state index contributed by atoms with van der Waals surface area (Å²) in [6.45, 7) is 0. The van der Waals surface area contributed by atoms with Crippen molar-refractivity contribution in [1.82, 2.24) is 0 Å². The third-order valence-corrected chi connectivity index (χ3v) is 6.71. The van der Waals surface area contributed by atoms with Gasteiger partial charge in [-0.3, -0.25) is 0 Å². The van der Waals surface area contributed by atoms with Crippen LogP contribution in [0.4, 0.5) is 0 Å². The number of benzene rings is 1. The van der Waals surface area contributed by atoms with Crippen LogP contribution in [-0.4, -0.2) is 14.2 Å². The predicted molar refractivity (Wildman–Crippen MR) is 91.7 cm³/mol. The van der Waals surface area contributed by atoms with Crippen molar-refractivity contribution < 1.29 is 9.47 Å². The monoisotopic (exact) mass is 386 g/mol. The lowest BCUT2D eigenvalue weighted by Crippen LogP contribution is -1.96. The van der Waals surface area contributed by atoms with Gasteiger partial charge in [-0.15, -0.1) is 11.3 Å². The van der Waals surface area contributed by atoms with Crippen molar-refractivity contribution in [2.45, 2.75) is 24.1 Å². The highest BCUT2D eigenvalue weighted by molar-refractivity contribution is 9.09. The number of aryl methyl sites for hydroxylation is 2. The van der Waals surface area contributed by atoms with E-state index in [4.69, 9.17) is 21.1 Å². The molecule has 1 aromatic heterocycles. The molecule has 0 fully saturated rings. The third kappa shape index (κ3) is 2.81. The maximum atomic E-state index is 6.42. The second-order valence-electron chi connectivity index (χ2n) is 5.04. The average Bonchev–Trinajstić information content (AvgIpc) is 3.07. The Bertz CT molecular complexity index is 647. The molecule has 2 nitrogen and oxygen atoms in total. The second-order valence-corrected chi connectivity index (χ2v) is 7.53. The highest BCUT2D eigenvalue weighted by Gasteiger charge is 2.22. The zero-order valence-corrected chi connectivity index (χ0v) is 15.1. The van der Waals surface area contributed by atoms with Crippen LogP contribution in [0.3, 0.4) is 0 Å². The molecule has 0 N–H and O–H groups in total.